The summed E-state index contributed by atoms with van der Waals surface area (Å²) in [6.45, 7) is 2.49. The summed E-state index contributed by atoms with van der Waals surface area (Å²) in [4.78, 5) is 12.4. The minimum Gasteiger partial charge on any atom is -0.293 e. The second-order valence-electron chi connectivity index (χ2n) is 5.41. The standard InChI is InChI=1S/C15H17N3O3S4/c1-3-22-14-16-17-15(24-14)23-9-13(19)11-4-5-12-10(8-11)6-7-18(12)25(2,20)21/h4-5,8H,3,6-7,9H2,1-2H3. The lowest BCUT2D eigenvalue weighted by atomic mass is 10.1. The smallest absolute Gasteiger partial charge is 0.232 e. The number of benzene rings is 1. The van der Waals surface area contributed by atoms with Gasteiger partial charge in [0.1, 0.15) is 0 Å². The first-order chi connectivity index (χ1) is 11.9. The van der Waals surface area contributed by atoms with Crippen molar-refractivity contribution >= 4 is 56.4 Å². The fourth-order valence-electron chi connectivity index (χ4n) is 2.54. The summed E-state index contributed by atoms with van der Waals surface area (Å²) in [5, 5.41) is 8.15. The molecular formula is C15H17N3O3S4. The number of Topliss-reactive ketones (excluding diaryl/α,β-unsaturated/α-hetero) is 1. The molecule has 0 N–H and O–H groups in total. The molecule has 2 aromatic rings. The second-order valence-corrected chi connectivity index (χ2v) is 11.0. The molecule has 1 aromatic heterocycles. The molecule has 1 aliphatic rings. The van der Waals surface area contributed by atoms with E-state index in [1.807, 2.05) is 6.07 Å². The number of thioether (sulfide) groups is 2. The summed E-state index contributed by atoms with van der Waals surface area (Å²) in [5.74, 6) is 1.24. The molecule has 0 spiro atoms. The Morgan fingerprint density at radius 3 is 2.68 bits per heavy atom. The van der Waals surface area contributed by atoms with Gasteiger partial charge in [0.15, 0.2) is 14.5 Å². The topological polar surface area (TPSA) is 80.2 Å². The summed E-state index contributed by atoms with van der Waals surface area (Å²) < 4.78 is 26.6. The Morgan fingerprint density at radius 1 is 1.28 bits per heavy atom. The highest BCUT2D eigenvalue weighted by atomic mass is 32.2. The van der Waals surface area contributed by atoms with E-state index in [2.05, 4.69) is 17.1 Å². The Balaban J connectivity index is 1.67. The number of aromatic nitrogens is 2. The molecule has 0 amide bonds. The van der Waals surface area contributed by atoms with Crippen LogP contribution in [-0.4, -0.2) is 48.7 Å². The van der Waals surface area contributed by atoms with Crippen LogP contribution in [0.1, 0.15) is 22.8 Å². The van der Waals surface area contributed by atoms with Gasteiger partial charge in [0.05, 0.1) is 17.7 Å². The van der Waals surface area contributed by atoms with Crippen molar-refractivity contribution in [2.45, 2.75) is 22.0 Å². The first-order valence-electron chi connectivity index (χ1n) is 7.61. The molecular weight excluding hydrogens is 398 g/mol. The van der Waals surface area contributed by atoms with E-state index < -0.39 is 10.0 Å². The fourth-order valence-corrected chi connectivity index (χ4v) is 6.31. The third-order valence-electron chi connectivity index (χ3n) is 3.64. The number of anilines is 1. The van der Waals surface area contributed by atoms with Crippen LogP contribution in [0.15, 0.2) is 26.9 Å². The molecule has 0 aliphatic carbocycles. The first kappa shape index (κ1) is 18.7. The average Bonchev–Trinajstić information content (AvgIpc) is 3.18. The maximum Gasteiger partial charge on any atom is 0.232 e. The highest BCUT2D eigenvalue weighted by Gasteiger charge is 2.26. The third-order valence-corrected chi connectivity index (χ3v) is 7.89. The highest BCUT2D eigenvalue weighted by molar-refractivity contribution is 8.03. The Kier molecular flexibility index (Phi) is 5.71. The van der Waals surface area contributed by atoms with E-state index in [9.17, 15) is 13.2 Å². The summed E-state index contributed by atoms with van der Waals surface area (Å²) in [5.41, 5.74) is 2.19. The number of fused-ring (bicyclic) bond motifs is 1. The number of hydrogen-bond donors (Lipinski definition) is 0. The SMILES string of the molecule is CCSc1nnc(SCC(=O)c2ccc3c(c2)CCN3S(C)(=O)=O)s1. The molecule has 10 heteroatoms. The number of nitrogens with zero attached hydrogens (tertiary/aromatic N) is 3. The number of carbonyl (C=O) groups excluding carboxylic acids is 1. The van der Waals surface area contributed by atoms with Gasteiger partial charge in [0.2, 0.25) is 10.0 Å². The monoisotopic (exact) mass is 415 g/mol. The second kappa shape index (κ2) is 7.65. The molecule has 0 saturated carbocycles. The summed E-state index contributed by atoms with van der Waals surface area (Å²) in [7, 11) is -3.27. The van der Waals surface area contributed by atoms with Crippen molar-refractivity contribution < 1.29 is 13.2 Å². The number of carbonyl (C=O) groups is 1. The molecule has 0 saturated heterocycles. The van der Waals surface area contributed by atoms with Crippen LogP contribution in [0.4, 0.5) is 5.69 Å². The molecule has 0 unspecified atom stereocenters. The van der Waals surface area contributed by atoms with Crippen molar-refractivity contribution in [1.29, 1.82) is 0 Å². The van der Waals surface area contributed by atoms with Gasteiger partial charge in [-0.3, -0.25) is 9.10 Å². The van der Waals surface area contributed by atoms with Crippen LogP contribution in [0.2, 0.25) is 0 Å². The van der Waals surface area contributed by atoms with E-state index in [0.717, 1.165) is 20.0 Å². The lowest BCUT2D eigenvalue weighted by Gasteiger charge is -2.16. The van der Waals surface area contributed by atoms with Gasteiger partial charge in [-0.1, -0.05) is 41.8 Å². The molecule has 0 atom stereocenters. The lowest BCUT2D eigenvalue weighted by Crippen LogP contribution is -2.27. The molecule has 1 aromatic carbocycles. The number of hydrogen-bond acceptors (Lipinski definition) is 8. The number of ketones is 1. The van der Waals surface area contributed by atoms with Crippen LogP contribution in [0.3, 0.4) is 0 Å². The van der Waals surface area contributed by atoms with Crippen LogP contribution in [0.25, 0.3) is 0 Å². The zero-order chi connectivity index (χ0) is 18.0. The van der Waals surface area contributed by atoms with Crippen molar-refractivity contribution in [3.05, 3.63) is 29.3 Å². The minimum absolute atomic E-state index is 0.00509. The van der Waals surface area contributed by atoms with Crippen molar-refractivity contribution in [1.82, 2.24) is 10.2 Å². The summed E-state index contributed by atoms with van der Waals surface area (Å²) in [6, 6.07) is 5.23. The van der Waals surface area contributed by atoms with E-state index in [0.29, 0.717) is 30.0 Å². The number of sulfonamides is 1. The van der Waals surface area contributed by atoms with Gasteiger partial charge in [0.25, 0.3) is 0 Å². The quantitative estimate of drug-likeness (QED) is 0.508. The molecule has 6 nitrogen and oxygen atoms in total. The number of rotatable bonds is 7. The van der Waals surface area contributed by atoms with E-state index in [4.69, 9.17) is 0 Å². The van der Waals surface area contributed by atoms with Gasteiger partial charge in [-0.25, -0.2) is 8.42 Å². The molecule has 0 fully saturated rings. The average molecular weight is 416 g/mol. The lowest BCUT2D eigenvalue weighted by molar-refractivity contribution is 0.102. The zero-order valence-corrected chi connectivity index (χ0v) is 17.0. The molecule has 25 heavy (non-hydrogen) atoms. The maximum atomic E-state index is 12.4. The first-order valence-corrected chi connectivity index (χ1v) is 12.2. The Bertz CT molecular complexity index is 895. The Labute approximate surface area is 159 Å². The molecule has 2 heterocycles. The van der Waals surface area contributed by atoms with E-state index >= 15 is 0 Å². The van der Waals surface area contributed by atoms with E-state index in [-0.39, 0.29) is 5.78 Å². The summed E-state index contributed by atoms with van der Waals surface area (Å²) >= 11 is 4.52. The summed E-state index contributed by atoms with van der Waals surface area (Å²) in [6.07, 6.45) is 1.83. The molecule has 1 aliphatic heterocycles. The predicted molar refractivity (Wildman–Crippen MR) is 104 cm³/mol. The van der Waals surface area contributed by atoms with Gasteiger partial charge >= 0.3 is 0 Å². The molecule has 3 rings (SSSR count). The Morgan fingerprint density at radius 2 is 2.00 bits per heavy atom. The van der Waals surface area contributed by atoms with E-state index in [1.165, 1.54) is 33.7 Å². The van der Waals surface area contributed by atoms with Gasteiger partial charge in [0, 0.05) is 12.1 Å². The van der Waals surface area contributed by atoms with E-state index in [1.54, 1.807) is 23.9 Å². The highest BCUT2D eigenvalue weighted by Crippen LogP contribution is 2.32. The zero-order valence-electron chi connectivity index (χ0n) is 13.8. The van der Waals surface area contributed by atoms with Crippen molar-refractivity contribution in [3.8, 4) is 0 Å². The Hall–Kier alpha value is -1.10. The van der Waals surface area contributed by atoms with Crippen molar-refractivity contribution in [2.75, 3.05) is 28.6 Å². The van der Waals surface area contributed by atoms with Crippen molar-refractivity contribution in [2.24, 2.45) is 0 Å². The molecule has 134 valence electrons. The van der Waals surface area contributed by atoms with Gasteiger partial charge < -0.3 is 0 Å². The normalized spacial score (nSPS) is 13.9. The van der Waals surface area contributed by atoms with Crippen LogP contribution >= 0.6 is 34.9 Å². The van der Waals surface area contributed by atoms with Crippen molar-refractivity contribution in [3.63, 3.8) is 0 Å². The maximum absolute atomic E-state index is 12.4. The molecule has 0 bridgehead atoms. The van der Waals surface area contributed by atoms with Crippen LogP contribution < -0.4 is 4.31 Å². The van der Waals surface area contributed by atoms with Crippen LogP contribution in [0, 0.1) is 0 Å². The van der Waals surface area contributed by atoms with Crippen LogP contribution in [0.5, 0.6) is 0 Å². The van der Waals surface area contributed by atoms with Crippen LogP contribution in [-0.2, 0) is 16.4 Å². The minimum atomic E-state index is -3.27. The van der Waals surface area contributed by atoms with Gasteiger partial charge in [-0.05, 0) is 35.9 Å². The fraction of sp³-hybridized carbons (Fsp3) is 0.400. The van der Waals surface area contributed by atoms with Gasteiger partial charge in [-0.15, -0.1) is 10.2 Å². The largest absolute Gasteiger partial charge is 0.293 e. The third kappa shape index (κ3) is 4.36. The molecule has 0 radical (unpaired) electrons. The van der Waals surface area contributed by atoms with Gasteiger partial charge in [-0.2, -0.15) is 0 Å². The predicted octanol–water partition coefficient (Wildman–Crippen LogP) is 2.95.